The van der Waals surface area contributed by atoms with Crippen LogP contribution in [0.3, 0.4) is 0 Å². The summed E-state index contributed by atoms with van der Waals surface area (Å²) in [6.45, 7) is 5.63. The molecular formula is C12H19ClN2S. The van der Waals surface area contributed by atoms with Gasteiger partial charge in [-0.3, -0.25) is 4.90 Å². The molecule has 1 saturated heterocycles. The molecule has 0 radical (unpaired) electrons. The molecule has 1 fully saturated rings. The van der Waals surface area contributed by atoms with Crippen molar-refractivity contribution in [1.29, 1.82) is 0 Å². The molecule has 1 aliphatic heterocycles. The lowest BCUT2D eigenvalue weighted by molar-refractivity contribution is 0.273. The van der Waals surface area contributed by atoms with Crippen LogP contribution in [-0.2, 0) is 6.54 Å². The number of nitrogens with one attached hydrogen (secondary N) is 1. The Kier molecular flexibility index (Phi) is 4.25. The van der Waals surface area contributed by atoms with E-state index in [0.717, 1.165) is 23.3 Å². The molecule has 0 spiro atoms. The summed E-state index contributed by atoms with van der Waals surface area (Å²) in [4.78, 5) is 3.72. The second-order valence-corrected chi connectivity index (χ2v) is 6.53. The minimum Gasteiger partial charge on any atom is -0.312 e. The van der Waals surface area contributed by atoms with Gasteiger partial charge in [0, 0.05) is 24.0 Å². The zero-order valence-electron chi connectivity index (χ0n) is 9.87. The number of rotatable bonds is 4. The van der Waals surface area contributed by atoms with Crippen molar-refractivity contribution in [3.8, 4) is 0 Å². The molecule has 0 amide bonds. The lowest BCUT2D eigenvalue weighted by Gasteiger charge is -2.23. The standard InChI is InChI=1S/C12H19ClN2S/c1-9-5-6-14-11(9)8-15(2)7-10-3-4-12(13)16-10/h3-4,9,11,14H,5-8H2,1-2H3. The van der Waals surface area contributed by atoms with Crippen molar-refractivity contribution in [2.45, 2.75) is 25.9 Å². The summed E-state index contributed by atoms with van der Waals surface area (Å²) in [5, 5.41) is 3.56. The summed E-state index contributed by atoms with van der Waals surface area (Å²) in [6.07, 6.45) is 1.31. The first-order chi connectivity index (χ1) is 7.65. The first-order valence-corrected chi connectivity index (χ1v) is 7.01. The Hall–Kier alpha value is -0.0900. The summed E-state index contributed by atoms with van der Waals surface area (Å²) < 4.78 is 0.885. The smallest absolute Gasteiger partial charge is 0.0931 e. The molecule has 1 aromatic heterocycles. The molecule has 1 N–H and O–H groups in total. The van der Waals surface area contributed by atoms with Crippen molar-refractivity contribution < 1.29 is 0 Å². The maximum atomic E-state index is 5.92. The van der Waals surface area contributed by atoms with Crippen LogP contribution < -0.4 is 5.32 Å². The van der Waals surface area contributed by atoms with Crippen molar-refractivity contribution in [3.05, 3.63) is 21.3 Å². The van der Waals surface area contributed by atoms with E-state index in [4.69, 9.17) is 11.6 Å². The van der Waals surface area contributed by atoms with Gasteiger partial charge in [-0.15, -0.1) is 11.3 Å². The van der Waals surface area contributed by atoms with Crippen LogP contribution in [0, 0.1) is 5.92 Å². The van der Waals surface area contributed by atoms with E-state index in [0.29, 0.717) is 6.04 Å². The Morgan fingerprint density at radius 3 is 2.94 bits per heavy atom. The van der Waals surface area contributed by atoms with Gasteiger partial charge >= 0.3 is 0 Å². The van der Waals surface area contributed by atoms with Crippen LogP contribution in [-0.4, -0.2) is 31.1 Å². The first kappa shape index (κ1) is 12.4. The second-order valence-electron chi connectivity index (χ2n) is 4.73. The van der Waals surface area contributed by atoms with Crippen molar-refractivity contribution in [3.63, 3.8) is 0 Å². The number of hydrogen-bond acceptors (Lipinski definition) is 3. The third-order valence-corrected chi connectivity index (χ3v) is 4.47. The summed E-state index contributed by atoms with van der Waals surface area (Å²) in [5.74, 6) is 0.800. The SMILES string of the molecule is CC1CCNC1CN(C)Cc1ccc(Cl)s1. The number of likely N-dealkylation sites (N-methyl/N-ethyl adjacent to an activating group) is 1. The van der Waals surface area contributed by atoms with Crippen molar-refractivity contribution >= 4 is 22.9 Å². The van der Waals surface area contributed by atoms with E-state index in [1.165, 1.54) is 17.8 Å². The highest BCUT2D eigenvalue weighted by atomic mass is 35.5. The van der Waals surface area contributed by atoms with Crippen molar-refractivity contribution in [2.75, 3.05) is 20.1 Å². The average molecular weight is 259 g/mol. The normalized spacial score (nSPS) is 25.5. The van der Waals surface area contributed by atoms with Crippen LogP contribution in [0.25, 0.3) is 0 Å². The predicted octanol–water partition coefficient (Wildman–Crippen LogP) is 2.83. The van der Waals surface area contributed by atoms with Crippen LogP contribution in [0.15, 0.2) is 12.1 Å². The summed E-state index contributed by atoms with van der Waals surface area (Å²) in [5.41, 5.74) is 0. The molecule has 0 aliphatic carbocycles. The highest BCUT2D eigenvalue weighted by Crippen LogP contribution is 2.23. The lowest BCUT2D eigenvalue weighted by Crippen LogP contribution is -2.37. The maximum Gasteiger partial charge on any atom is 0.0931 e. The lowest BCUT2D eigenvalue weighted by atomic mass is 10.0. The Balaban J connectivity index is 1.82. The largest absolute Gasteiger partial charge is 0.312 e. The fourth-order valence-corrected chi connectivity index (χ4v) is 3.41. The zero-order valence-corrected chi connectivity index (χ0v) is 11.4. The third kappa shape index (κ3) is 3.20. The molecule has 2 nitrogen and oxygen atoms in total. The molecule has 0 aromatic carbocycles. The fraction of sp³-hybridized carbons (Fsp3) is 0.667. The third-order valence-electron chi connectivity index (χ3n) is 3.26. The predicted molar refractivity (Wildman–Crippen MR) is 71.2 cm³/mol. The quantitative estimate of drug-likeness (QED) is 0.894. The summed E-state index contributed by atoms with van der Waals surface area (Å²) >= 11 is 7.60. The van der Waals surface area contributed by atoms with Crippen LogP contribution in [0.5, 0.6) is 0 Å². The maximum absolute atomic E-state index is 5.92. The molecule has 0 bridgehead atoms. The Bertz CT molecular complexity index is 340. The number of thiophene rings is 1. The summed E-state index contributed by atoms with van der Waals surface area (Å²) in [6, 6.07) is 4.75. The second kappa shape index (κ2) is 5.50. The minimum atomic E-state index is 0.653. The molecule has 16 heavy (non-hydrogen) atoms. The van der Waals surface area contributed by atoms with Gasteiger partial charge in [-0.05, 0) is 38.1 Å². The molecular weight excluding hydrogens is 240 g/mol. The van der Waals surface area contributed by atoms with E-state index < -0.39 is 0 Å². The van der Waals surface area contributed by atoms with E-state index in [1.54, 1.807) is 11.3 Å². The Morgan fingerprint density at radius 2 is 2.38 bits per heavy atom. The zero-order chi connectivity index (χ0) is 11.5. The van der Waals surface area contributed by atoms with E-state index in [1.807, 2.05) is 6.07 Å². The molecule has 2 rings (SSSR count). The average Bonchev–Trinajstić information content (AvgIpc) is 2.77. The van der Waals surface area contributed by atoms with Gasteiger partial charge in [-0.25, -0.2) is 0 Å². The highest BCUT2D eigenvalue weighted by Gasteiger charge is 2.23. The van der Waals surface area contributed by atoms with Crippen LogP contribution in [0.1, 0.15) is 18.2 Å². The molecule has 4 heteroatoms. The summed E-state index contributed by atoms with van der Waals surface area (Å²) in [7, 11) is 2.18. The van der Waals surface area contributed by atoms with E-state index in [9.17, 15) is 0 Å². The van der Waals surface area contributed by atoms with Gasteiger partial charge in [0.25, 0.3) is 0 Å². The topological polar surface area (TPSA) is 15.3 Å². The van der Waals surface area contributed by atoms with Gasteiger partial charge < -0.3 is 5.32 Å². The number of halogens is 1. The highest BCUT2D eigenvalue weighted by molar-refractivity contribution is 7.16. The van der Waals surface area contributed by atoms with Gasteiger partial charge in [0.2, 0.25) is 0 Å². The van der Waals surface area contributed by atoms with Gasteiger partial charge in [0.15, 0.2) is 0 Å². The van der Waals surface area contributed by atoms with Crippen LogP contribution in [0.2, 0.25) is 4.34 Å². The molecule has 0 saturated carbocycles. The molecule has 90 valence electrons. The van der Waals surface area contributed by atoms with Crippen LogP contribution in [0.4, 0.5) is 0 Å². The van der Waals surface area contributed by atoms with Gasteiger partial charge in [-0.2, -0.15) is 0 Å². The van der Waals surface area contributed by atoms with Gasteiger partial charge in [0.1, 0.15) is 0 Å². The van der Waals surface area contributed by atoms with E-state index in [2.05, 4.69) is 30.3 Å². The molecule has 2 atom stereocenters. The molecule has 1 aliphatic rings. The van der Waals surface area contributed by atoms with E-state index in [-0.39, 0.29) is 0 Å². The van der Waals surface area contributed by atoms with Crippen molar-refractivity contribution in [1.82, 2.24) is 10.2 Å². The Morgan fingerprint density at radius 1 is 1.56 bits per heavy atom. The van der Waals surface area contributed by atoms with Crippen LogP contribution >= 0.6 is 22.9 Å². The fourth-order valence-electron chi connectivity index (χ4n) is 2.25. The molecule has 2 heterocycles. The number of nitrogens with zero attached hydrogens (tertiary/aromatic N) is 1. The minimum absolute atomic E-state index is 0.653. The Labute approximate surface area is 107 Å². The van der Waals surface area contributed by atoms with Gasteiger partial charge in [-0.1, -0.05) is 18.5 Å². The molecule has 1 aromatic rings. The number of hydrogen-bond donors (Lipinski definition) is 1. The van der Waals surface area contributed by atoms with E-state index >= 15 is 0 Å². The van der Waals surface area contributed by atoms with Gasteiger partial charge in [0.05, 0.1) is 4.34 Å². The van der Waals surface area contributed by atoms with Crippen molar-refractivity contribution in [2.24, 2.45) is 5.92 Å². The monoisotopic (exact) mass is 258 g/mol. The first-order valence-electron chi connectivity index (χ1n) is 5.81. The molecule has 2 unspecified atom stereocenters.